The van der Waals surface area contributed by atoms with Crippen LogP contribution in [0, 0.1) is 11.8 Å². The summed E-state index contributed by atoms with van der Waals surface area (Å²) in [5.74, 6) is 1.48. The number of rotatable bonds is 8. The topological polar surface area (TPSA) is 26.0 Å². The average Bonchev–Trinajstić information content (AvgIpc) is 2.11. The molecule has 0 amide bonds. The fourth-order valence-electron chi connectivity index (χ4n) is 2.01. The van der Waals surface area contributed by atoms with E-state index in [0.717, 1.165) is 5.92 Å². The molecule has 2 unspecified atom stereocenters. The van der Waals surface area contributed by atoms with Gasteiger partial charge in [-0.2, -0.15) is 0 Å². The van der Waals surface area contributed by atoms with Crippen LogP contribution in [-0.4, -0.2) is 6.04 Å². The quantitative estimate of drug-likeness (QED) is 0.588. The minimum absolute atomic E-state index is 0.425. The van der Waals surface area contributed by atoms with E-state index < -0.39 is 0 Å². The third kappa shape index (κ3) is 7.37. The van der Waals surface area contributed by atoms with Gasteiger partial charge >= 0.3 is 0 Å². The van der Waals surface area contributed by atoms with E-state index in [2.05, 4.69) is 27.7 Å². The molecule has 2 N–H and O–H groups in total. The lowest BCUT2D eigenvalue weighted by molar-refractivity contribution is 0.350. The molecule has 0 aromatic carbocycles. The van der Waals surface area contributed by atoms with Crippen LogP contribution in [0.5, 0.6) is 0 Å². The number of hydrogen-bond donors (Lipinski definition) is 1. The highest BCUT2D eigenvalue weighted by Crippen LogP contribution is 2.17. The summed E-state index contributed by atoms with van der Waals surface area (Å²) in [4.78, 5) is 0. The van der Waals surface area contributed by atoms with Crippen LogP contribution in [0.3, 0.4) is 0 Å². The van der Waals surface area contributed by atoms with Crippen LogP contribution in [-0.2, 0) is 0 Å². The summed E-state index contributed by atoms with van der Waals surface area (Å²) in [7, 11) is 0. The Morgan fingerprint density at radius 2 is 1.64 bits per heavy atom. The zero-order chi connectivity index (χ0) is 11.0. The second-order valence-electron chi connectivity index (χ2n) is 5.12. The molecule has 0 aliphatic heterocycles. The zero-order valence-corrected chi connectivity index (χ0v) is 10.6. The minimum Gasteiger partial charge on any atom is -0.327 e. The molecule has 1 heteroatoms. The first-order valence-electron chi connectivity index (χ1n) is 6.33. The second kappa shape index (κ2) is 8.28. The van der Waals surface area contributed by atoms with Crippen LogP contribution < -0.4 is 5.73 Å². The van der Waals surface area contributed by atoms with Crippen LogP contribution in [0.4, 0.5) is 0 Å². The van der Waals surface area contributed by atoms with Gasteiger partial charge in [0.05, 0.1) is 0 Å². The maximum Gasteiger partial charge on any atom is 0.00646 e. The highest BCUT2D eigenvalue weighted by molar-refractivity contribution is 4.70. The molecule has 0 bridgehead atoms. The Balaban J connectivity index is 3.46. The van der Waals surface area contributed by atoms with Crippen molar-refractivity contribution in [2.45, 2.75) is 72.3 Å². The van der Waals surface area contributed by atoms with Crippen molar-refractivity contribution in [3.8, 4) is 0 Å². The maximum atomic E-state index is 6.15. The fourth-order valence-corrected chi connectivity index (χ4v) is 2.01. The van der Waals surface area contributed by atoms with Gasteiger partial charge in [-0.15, -0.1) is 0 Å². The van der Waals surface area contributed by atoms with E-state index in [1.807, 2.05) is 0 Å². The normalized spacial score (nSPS) is 15.9. The van der Waals surface area contributed by atoms with Crippen LogP contribution in [0.25, 0.3) is 0 Å². The monoisotopic (exact) mass is 199 g/mol. The summed E-state index contributed by atoms with van der Waals surface area (Å²) in [6.07, 6.45) is 7.85. The molecule has 0 fully saturated rings. The molecule has 0 heterocycles. The first kappa shape index (κ1) is 14.0. The number of unbranched alkanes of at least 4 members (excludes halogenated alkanes) is 3. The van der Waals surface area contributed by atoms with Gasteiger partial charge in [-0.1, -0.05) is 53.4 Å². The highest BCUT2D eigenvalue weighted by atomic mass is 14.6. The van der Waals surface area contributed by atoms with Gasteiger partial charge in [0.15, 0.2) is 0 Å². The maximum absolute atomic E-state index is 6.15. The van der Waals surface area contributed by atoms with Crippen LogP contribution in [0.1, 0.15) is 66.2 Å². The van der Waals surface area contributed by atoms with Gasteiger partial charge in [-0.3, -0.25) is 0 Å². The summed E-state index contributed by atoms with van der Waals surface area (Å²) in [6.45, 7) is 9.10. The third-order valence-corrected chi connectivity index (χ3v) is 2.97. The number of hydrogen-bond acceptors (Lipinski definition) is 1. The number of nitrogens with two attached hydrogens (primary N) is 1. The molecule has 0 aromatic heterocycles. The van der Waals surface area contributed by atoms with Crippen molar-refractivity contribution >= 4 is 0 Å². The van der Waals surface area contributed by atoms with Crippen LogP contribution >= 0.6 is 0 Å². The first-order chi connectivity index (χ1) is 6.57. The summed E-state index contributed by atoms with van der Waals surface area (Å²) in [5.41, 5.74) is 6.15. The summed E-state index contributed by atoms with van der Waals surface area (Å²) in [5, 5.41) is 0. The Morgan fingerprint density at radius 3 is 2.14 bits per heavy atom. The third-order valence-electron chi connectivity index (χ3n) is 2.97. The summed E-state index contributed by atoms with van der Waals surface area (Å²) in [6, 6.07) is 0.425. The predicted octanol–water partition coefficient (Wildman–Crippen LogP) is 3.97. The Bertz CT molecular complexity index is 120. The van der Waals surface area contributed by atoms with Gasteiger partial charge in [0.2, 0.25) is 0 Å². The summed E-state index contributed by atoms with van der Waals surface area (Å²) >= 11 is 0. The molecule has 0 aliphatic carbocycles. The Kier molecular flexibility index (Phi) is 8.26. The van der Waals surface area contributed by atoms with Gasteiger partial charge < -0.3 is 5.73 Å². The lowest BCUT2D eigenvalue weighted by Gasteiger charge is -2.21. The van der Waals surface area contributed by atoms with E-state index in [9.17, 15) is 0 Å². The molecule has 86 valence electrons. The molecule has 0 aromatic rings. The molecule has 1 nitrogen and oxygen atoms in total. The van der Waals surface area contributed by atoms with Gasteiger partial charge in [0.25, 0.3) is 0 Å². The molecule has 0 radical (unpaired) electrons. The van der Waals surface area contributed by atoms with E-state index in [1.54, 1.807) is 0 Å². The van der Waals surface area contributed by atoms with Crippen molar-refractivity contribution in [2.24, 2.45) is 17.6 Å². The largest absolute Gasteiger partial charge is 0.327 e. The lowest BCUT2D eigenvalue weighted by Crippen LogP contribution is -2.29. The molecule has 0 saturated carbocycles. The van der Waals surface area contributed by atoms with Crippen molar-refractivity contribution in [1.29, 1.82) is 0 Å². The second-order valence-corrected chi connectivity index (χ2v) is 5.12. The standard InChI is InChI=1S/C13H29N/c1-5-6-7-8-9-13(14)12(4)10-11(2)3/h11-13H,5-10,14H2,1-4H3. The van der Waals surface area contributed by atoms with E-state index in [-0.39, 0.29) is 0 Å². The van der Waals surface area contributed by atoms with Crippen LogP contribution in [0.2, 0.25) is 0 Å². The molecule has 0 aliphatic rings. The van der Waals surface area contributed by atoms with Gasteiger partial charge in [0.1, 0.15) is 0 Å². The first-order valence-corrected chi connectivity index (χ1v) is 6.33. The van der Waals surface area contributed by atoms with Gasteiger partial charge in [-0.05, 0) is 24.7 Å². The van der Waals surface area contributed by atoms with Crippen LogP contribution in [0.15, 0.2) is 0 Å². The van der Waals surface area contributed by atoms with E-state index in [1.165, 1.54) is 38.5 Å². The van der Waals surface area contributed by atoms with Crippen molar-refractivity contribution in [3.63, 3.8) is 0 Å². The fraction of sp³-hybridized carbons (Fsp3) is 1.00. The van der Waals surface area contributed by atoms with Gasteiger partial charge in [-0.25, -0.2) is 0 Å². The van der Waals surface area contributed by atoms with E-state index in [4.69, 9.17) is 5.73 Å². The lowest BCUT2D eigenvalue weighted by atomic mass is 9.89. The Morgan fingerprint density at radius 1 is 1.00 bits per heavy atom. The van der Waals surface area contributed by atoms with Crippen molar-refractivity contribution in [1.82, 2.24) is 0 Å². The molecular weight excluding hydrogens is 170 g/mol. The molecule has 2 atom stereocenters. The van der Waals surface area contributed by atoms with Crippen molar-refractivity contribution in [2.75, 3.05) is 0 Å². The van der Waals surface area contributed by atoms with E-state index >= 15 is 0 Å². The molecule has 0 saturated heterocycles. The Labute approximate surface area is 90.5 Å². The van der Waals surface area contributed by atoms with Gasteiger partial charge in [0, 0.05) is 6.04 Å². The molecule has 14 heavy (non-hydrogen) atoms. The predicted molar refractivity (Wildman–Crippen MR) is 65.4 cm³/mol. The van der Waals surface area contributed by atoms with E-state index in [0.29, 0.717) is 12.0 Å². The minimum atomic E-state index is 0.425. The molecule has 0 rings (SSSR count). The van der Waals surface area contributed by atoms with Crippen molar-refractivity contribution < 1.29 is 0 Å². The Hall–Kier alpha value is -0.0400. The zero-order valence-electron chi connectivity index (χ0n) is 10.6. The smallest absolute Gasteiger partial charge is 0.00646 e. The summed E-state index contributed by atoms with van der Waals surface area (Å²) < 4.78 is 0. The average molecular weight is 199 g/mol. The highest BCUT2D eigenvalue weighted by Gasteiger charge is 2.13. The molecular formula is C13H29N. The van der Waals surface area contributed by atoms with Crippen molar-refractivity contribution in [3.05, 3.63) is 0 Å². The SMILES string of the molecule is CCCCCCC(N)C(C)CC(C)C. The molecule has 0 spiro atoms.